The lowest BCUT2D eigenvalue weighted by Gasteiger charge is -2.03. The fraction of sp³-hybridized carbons (Fsp3) is 0. The molecule has 0 bridgehead atoms. The second-order valence-corrected chi connectivity index (χ2v) is 4.06. The Balaban J connectivity index is 2.26. The van der Waals surface area contributed by atoms with Gasteiger partial charge in [-0.3, -0.25) is 9.78 Å². The Morgan fingerprint density at radius 2 is 2.00 bits per heavy atom. The standard InChI is InChI=1S/C10H8IN3O/c11-8-6-12-10(14-9(8)15)13-7-4-2-1-3-5-7/h1-6H,(H2,12,13,14,15). The maximum Gasteiger partial charge on any atom is 0.265 e. The van der Waals surface area contributed by atoms with Crippen LogP contribution in [0, 0.1) is 3.57 Å². The van der Waals surface area contributed by atoms with Gasteiger partial charge in [-0.2, -0.15) is 0 Å². The number of halogens is 1. The number of hydrogen-bond donors (Lipinski definition) is 2. The van der Waals surface area contributed by atoms with Gasteiger partial charge < -0.3 is 5.32 Å². The highest BCUT2D eigenvalue weighted by atomic mass is 127. The average Bonchev–Trinajstić information content (AvgIpc) is 2.25. The zero-order valence-electron chi connectivity index (χ0n) is 7.70. The lowest BCUT2D eigenvalue weighted by Crippen LogP contribution is -2.12. The summed E-state index contributed by atoms with van der Waals surface area (Å²) in [7, 11) is 0. The van der Waals surface area contributed by atoms with Crippen LogP contribution in [0.3, 0.4) is 0 Å². The summed E-state index contributed by atoms with van der Waals surface area (Å²) >= 11 is 1.94. The van der Waals surface area contributed by atoms with Crippen LogP contribution >= 0.6 is 22.6 Å². The van der Waals surface area contributed by atoms with Crippen molar-refractivity contribution in [3.63, 3.8) is 0 Å². The highest BCUT2D eigenvalue weighted by Crippen LogP contribution is 2.10. The molecule has 0 spiro atoms. The Hall–Kier alpha value is -1.37. The summed E-state index contributed by atoms with van der Waals surface area (Å²) in [5.74, 6) is 0.451. The third-order valence-electron chi connectivity index (χ3n) is 1.79. The first-order valence-electron chi connectivity index (χ1n) is 4.32. The van der Waals surface area contributed by atoms with Crippen LogP contribution in [-0.4, -0.2) is 9.97 Å². The maximum atomic E-state index is 11.3. The van der Waals surface area contributed by atoms with Gasteiger partial charge in [0.05, 0.1) is 3.57 Å². The summed E-state index contributed by atoms with van der Waals surface area (Å²) in [6, 6.07) is 9.55. The molecule has 0 unspecified atom stereocenters. The van der Waals surface area contributed by atoms with Gasteiger partial charge in [0.25, 0.3) is 5.56 Å². The molecule has 2 aromatic rings. The summed E-state index contributed by atoms with van der Waals surface area (Å²) in [5, 5.41) is 3.00. The van der Waals surface area contributed by atoms with E-state index in [1.165, 1.54) is 6.20 Å². The molecule has 2 N–H and O–H groups in total. The number of hydrogen-bond acceptors (Lipinski definition) is 3. The summed E-state index contributed by atoms with van der Waals surface area (Å²) in [6.07, 6.45) is 1.53. The van der Waals surface area contributed by atoms with Crippen LogP contribution in [0.2, 0.25) is 0 Å². The second kappa shape index (κ2) is 4.43. The lowest BCUT2D eigenvalue weighted by atomic mass is 10.3. The molecule has 4 nitrogen and oxygen atoms in total. The molecule has 0 saturated carbocycles. The lowest BCUT2D eigenvalue weighted by molar-refractivity contribution is 1.10. The third-order valence-corrected chi connectivity index (χ3v) is 2.56. The van der Waals surface area contributed by atoms with Gasteiger partial charge in [0, 0.05) is 11.9 Å². The Bertz CT molecular complexity index is 510. The molecule has 0 atom stereocenters. The molecule has 15 heavy (non-hydrogen) atoms. The van der Waals surface area contributed by atoms with Crippen molar-refractivity contribution in [3.05, 3.63) is 50.5 Å². The average molecular weight is 313 g/mol. The first-order valence-corrected chi connectivity index (χ1v) is 5.40. The number of rotatable bonds is 2. The van der Waals surface area contributed by atoms with Crippen LogP contribution in [0.1, 0.15) is 0 Å². The molecule has 1 aromatic carbocycles. The molecule has 0 fully saturated rings. The van der Waals surface area contributed by atoms with E-state index in [0.29, 0.717) is 9.52 Å². The number of H-pyrrole nitrogens is 1. The van der Waals surface area contributed by atoms with Gasteiger partial charge in [-0.05, 0) is 34.7 Å². The van der Waals surface area contributed by atoms with Gasteiger partial charge in [0.2, 0.25) is 5.95 Å². The van der Waals surface area contributed by atoms with Crippen molar-refractivity contribution in [2.45, 2.75) is 0 Å². The van der Waals surface area contributed by atoms with Crippen LogP contribution in [0.15, 0.2) is 41.3 Å². The molecule has 0 aliphatic rings. The molecular formula is C10H8IN3O. The first-order chi connectivity index (χ1) is 7.25. The largest absolute Gasteiger partial charge is 0.326 e. The van der Waals surface area contributed by atoms with Gasteiger partial charge in [0.1, 0.15) is 0 Å². The van der Waals surface area contributed by atoms with E-state index in [2.05, 4.69) is 15.3 Å². The molecule has 1 aromatic heterocycles. The zero-order valence-corrected chi connectivity index (χ0v) is 9.86. The van der Waals surface area contributed by atoms with E-state index < -0.39 is 0 Å². The fourth-order valence-corrected chi connectivity index (χ4v) is 1.38. The summed E-state index contributed by atoms with van der Waals surface area (Å²) < 4.78 is 0.575. The molecule has 0 amide bonds. The highest BCUT2D eigenvalue weighted by molar-refractivity contribution is 14.1. The summed E-state index contributed by atoms with van der Waals surface area (Å²) in [6.45, 7) is 0. The van der Waals surface area contributed by atoms with Crippen molar-refractivity contribution in [3.8, 4) is 0 Å². The van der Waals surface area contributed by atoms with Crippen molar-refractivity contribution in [1.29, 1.82) is 0 Å². The van der Waals surface area contributed by atoms with E-state index in [1.807, 2.05) is 52.9 Å². The van der Waals surface area contributed by atoms with Crippen LogP contribution in [0.4, 0.5) is 11.6 Å². The smallest absolute Gasteiger partial charge is 0.265 e. The molecule has 2 rings (SSSR count). The van der Waals surface area contributed by atoms with Gasteiger partial charge in [-0.1, -0.05) is 18.2 Å². The molecule has 0 saturated heterocycles. The SMILES string of the molecule is O=c1[nH]c(Nc2ccccc2)ncc1I. The quantitative estimate of drug-likeness (QED) is 0.835. The van der Waals surface area contributed by atoms with E-state index in [4.69, 9.17) is 0 Å². The fourth-order valence-electron chi connectivity index (χ4n) is 1.10. The summed E-state index contributed by atoms with van der Waals surface area (Å²) in [4.78, 5) is 18.0. The monoisotopic (exact) mass is 313 g/mol. The van der Waals surface area contributed by atoms with Gasteiger partial charge in [-0.15, -0.1) is 0 Å². The third kappa shape index (κ3) is 2.56. The number of anilines is 2. The van der Waals surface area contributed by atoms with Crippen molar-refractivity contribution >= 4 is 34.2 Å². The van der Waals surface area contributed by atoms with Gasteiger partial charge >= 0.3 is 0 Å². The van der Waals surface area contributed by atoms with E-state index in [1.54, 1.807) is 0 Å². The molecule has 5 heteroatoms. The topological polar surface area (TPSA) is 57.8 Å². The first kappa shape index (κ1) is 10.2. The number of aromatic nitrogens is 2. The number of aromatic amines is 1. The molecule has 0 aliphatic carbocycles. The zero-order chi connectivity index (χ0) is 10.7. The van der Waals surface area contributed by atoms with Crippen LogP contribution < -0.4 is 10.9 Å². The molecule has 1 heterocycles. The maximum absolute atomic E-state index is 11.3. The normalized spacial score (nSPS) is 9.93. The minimum atomic E-state index is -0.135. The number of benzene rings is 1. The van der Waals surface area contributed by atoms with Gasteiger partial charge in [0.15, 0.2) is 0 Å². The molecule has 0 radical (unpaired) electrons. The van der Waals surface area contributed by atoms with Crippen LogP contribution in [-0.2, 0) is 0 Å². The predicted molar refractivity (Wildman–Crippen MR) is 67.3 cm³/mol. The van der Waals surface area contributed by atoms with Crippen LogP contribution in [0.25, 0.3) is 0 Å². The Labute approximate surface area is 99.9 Å². The highest BCUT2D eigenvalue weighted by Gasteiger charge is 1.98. The van der Waals surface area contributed by atoms with Crippen molar-refractivity contribution in [1.82, 2.24) is 9.97 Å². The minimum Gasteiger partial charge on any atom is -0.326 e. The molecule has 76 valence electrons. The van der Waals surface area contributed by atoms with E-state index in [0.717, 1.165) is 5.69 Å². The van der Waals surface area contributed by atoms with Crippen molar-refractivity contribution in [2.24, 2.45) is 0 Å². The van der Waals surface area contributed by atoms with E-state index in [9.17, 15) is 4.79 Å². The van der Waals surface area contributed by atoms with Gasteiger partial charge in [-0.25, -0.2) is 4.98 Å². The van der Waals surface area contributed by atoms with Crippen LogP contribution in [0.5, 0.6) is 0 Å². The van der Waals surface area contributed by atoms with E-state index >= 15 is 0 Å². The van der Waals surface area contributed by atoms with Crippen molar-refractivity contribution in [2.75, 3.05) is 5.32 Å². The van der Waals surface area contributed by atoms with Crippen molar-refractivity contribution < 1.29 is 0 Å². The minimum absolute atomic E-state index is 0.135. The summed E-state index contributed by atoms with van der Waals surface area (Å²) in [5.41, 5.74) is 0.755. The Morgan fingerprint density at radius 1 is 1.27 bits per heavy atom. The molecular weight excluding hydrogens is 305 g/mol. The molecule has 0 aliphatic heterocycles. The Morgan fingerprint density at radius 3 is 2.67 bits per heavy atom. The predicted octanol–water partition coefficient (Wildman–Crippen LogP) is 2.12. The number of para-hydroxylation sites is 1. The number of nitrogens with zero attached hydrogens (tertiary/aromatic N) is 1. The van der Waals surface area contributed by atoms with E-state index in [-0.39, 0.29) is 5.56 Å². The second-order valence-electron chi connectivity index (χ2n) is 2.90. The Kier molecular flexibility index (Phi) is 3.00. The number of nitrogens with one attached hydrogen (secondary N) is 2.